The molecule has 0 aromatic heterocycles. The Balaban J connectivity index is 2.83. The molecule has 102 valence electrons. The van der Waals surface area contributed by atoms with E-state index in [1.807, 2.05) is 19.1 Å². The lowest BCUT2D eigenvalue weighted by Crippen LogP contribution is -2.23. The van der Waals surface area contributed by atoms with Crippen molar-refractivity contribution in [3.05, 3.63) is 35.1 Å². The summed E-state index contributed by atoms with van der Waals surface area (Å²) in [5.41, 5.74) is 2.06. The normalized spacial score (nSPS) is 13.7. The van der Waals surface area contributed by atoms with Gasteiger partial charge in [0.25, 0.3) is 0 Å². The molecule has 1 atom stereocenters. The first kappa shape index (κ1) is 15.2. The lowest BCUT2D eigenvalue weighted by Gasteiger charge is -2.24. The highest BCUT2D eigenvalue weighted by atomic mass is 19.1. The molecule has 0 radical (unpaired) electrons. The minimum absolute atomic E-state index is 0.0881. The Morgan fingerprint density at radius 1 is 1.28 bits per heavy atom. The van der Waals surface area contributed by atoms with Gasteiger partial charge in [-0.3, -0.25) is 0 Å². The van der Waals surface area contributed by atoms with Crippen LogP contribution in [0.1, 0.15) is 57.7 Å². The van der Waals surface area contributed by atoms with Crippen LogP contribution in [-0.2, 0) is 0 Å². The summed E-state index contributed by atoms with van der Waals surface area (Å²) in [4.78, 5) is 0. The van der Waals surface area contributed by atoms with Gasteiger partial charge in [-0.05, 0) is 43.4 Å². The van der Waals surface area contributed by atoms with E-state index in [1.165, 1.54) is 0 Å². The molecule has 0 saturated heterocycles. The highest BCUT2D eigenvalue weighted by Gasteiger charge is 2.18. The highest BCUT2D eigenvalue weighted by molar-refractivity contribution is 5.26. The lowest BCUT2D eigenvalue weighted by atomic mass is 9.87. The first-order valence-corrected chi connectivity index (χ1v) is 6.83. The van der Waals surface area contributed by atoms with Crippen molar-refractivity contribution in [2.45, 2.75) is 53.5 Å². The fourth-order valence-corrected chi connectivity index (χ4v) is 2.11. The minimum atomic E-state index is -0.0881. The van der Waals surface area contributed by atoms with Crippen LogP contribution in [0.2, 0.25) is 0 Å². The van der Waals surface area contributed by atoms with Gasteiger partial charge in [0.2, 0.25) is 0 Å². The third-order valence-electron chi connectivity index (χ3n) is 3.16. The van der Waals surface area contributed by atoms with E-state index in [0.29, 0.717) is 0 Å². The number of nitrogens with one attached hydrogen (secondary N) is 1. The maximum atomic E-state index is 14.0. The average Bonchev–Trinajstić information content (AvgIpc) is 2.24. The molecule has 0 heterocycles. The average molecular weight is 251 g/mol. The Morgan fingerprint density at radius 3 is 2.44 bits per heavy atom. The maximum Gasteiger partial charge on any atom is 0.128 e. The minimum Gasteiger partial charge on any atom is -0.310 e. The third-order valence-corrected chi connectivity index (χ3v) is 3.16. The molecule has 1 unspecified atom stereocenters. The van der Waals surface area contributed by atoms with Crippen LogP contribution in [-0.4, -0.2) is 6.54 Å². The zero-order valence-corrected chi connectivity index (χ0v) is 12.3. The number of halogens is 1. The van der Waals surface area contributed by atoms with Gasteiger partial charge in [0.05, 0.1) is 0 Å². The molecule has 0 bridgehead atoms. The zero-order chi connectivity index (χ0) is 13.8. The molecular formula is C16H26FN. The topological polar surface area (TPSA) is 12.0 Å². The highest BCUT2D eigenvalue weighted by Crippen LogP contribution is 2.28. The fourth-order valence-electron chi connectivity index (χ4n) is 2.11. The molecule has 0 amide bonds. The monoisotopic (exact) mass is 251 g/mol. The van der Waals surface area contributed by atoms with E-state index in [1.54, 1.807) is 6.07 Å². The van der Waals surface area contributed by atoms with Gasteiger partial charge in [-0.2, -0.15) is 0 Å². The Hall–Kier alpha value is -0.890. The van der Waals surface area contributed by atoms with Gasteiger partial charge in [0.1, 0.15) is 5.82 Å². The van der Waals surface area contributed by atoms with E-state index >= 15 is 0 Å². The van der Waals surface area contributed by atoms with Crippen LogP contribution in [0.3, 0.4) is 0 Å². The molecule has 1 aromatic rings. The molecule has 0 aliphatic heterocycles. The first-order chi connectivity index (χ1) is 8.33. The molecule has 2 heteroatoms. The summed E-state index contributed by atoms with van der Waals surface area (Å²) in [6.45, 7) is 11.5. The maximum absolute atomic E-state index is 14.0. The smallest absolute Gasteiger partial charge is 0.128 e. The predicted octanol–water partition coefficient (Wildman–Crippen LogP) is 4.61. The van der Waals surface area contributed by atoms with Crippen molar-refractivity contribution in [2.24, 2.45) is 5.41 Å². The SMILES string of the molecule is CCNC(CCC(C)(C)C)c1ccc(C)cc1F. The second-order valence-corrected chi connectivity index (χ2v) is 6.23. The Bertz CT molecular complexity index is 379. The first-order valence-electron chi connectivity index (χ1n) is 6.83. The molecule has 0 aliphatic carbocycles. The van der Waals surface area contributed by atoms with Crippen molar-refractivity contribution in [1.82, 2.24) is 5.32 Å². The number of rotatable bonds is 5. The van der Waals surface area contributed by atoms with Gasteiger partial charge in [-0.15, -0.1) is 0 Å². The third kappa shape index (κ3) is 4.77. The van der Waals surface area contributed by atoms with Crippen molar-refractivity contribution in [1.29, 1.82) is 0 Å². The van der Waals surface area contributed by atoms with Gasteiger partial charge >= 0.3 is 0 Å². The van der Waals surface area contributed by atoms with E-state index in [0.717, 1.165) is 30.5 Å². The van der Waals surface area contributed by atoms with Gasteiger partial charge in [0, 0.05) is 11.6 Å². The molecule has 0 spiro atoms. The van der Waals surface area contributed by atoms with Gasteiger partial charge < -0.3 is 5.32 Å². The van der Waals surface area contributed by atoms with E-state index in [2.05, 4.69) is 33.0 Å². The Morgan fingerprint density at radius 2 is 1.94 bits per heavy atom. The zero-order valence-electron chi connectivity index (χ0n) is 12.3. The summed E-state index contributed by atoms with van der Waals surface area (Å²) in [6, 6.07) is 5.65. The molecule has 1 N–H and O–H groups in total. The second-order valence-electron chi connectivity index (χ2n) is 6.23. The molecule has 1 rings (SSSR count). The number of hydrogen-bond acceptors (Lipinski definition) is 1. The summed E-state index contributed by atoms with van der Waals surface area (Å²) in [7, 11) is 0. The van der Waals surface area contributed by atoms with E-state index in [-0.39, 0.29) is 17.3 Å². The van der Waals surface area contributed by atoms with Crippen LogP contribution >= 0.6 is 0 Å². The standard InChI is InChI=1S/C16H26FN/c1-6-18-15(9-10-16(3,4)5)13-8-7-12(2)11-14(13)17/h7-8,11,15,18H,6,9-10H2,1-5H3. The van der Waals surface area contributed by atoms with E-state index in [9.17, 15) is 4.39 Å². The lowest BCUT2D eigenvalue weighted by molar-refractivity contribution is 0.330. The van der Waals surface area contributed by atoms with Crippen LogP contribution in [0, 0.1) is 18.2 Å². The van der Waals surface area contributed by atoms with Crippen molar-refractivity contribution >= 4 is 0 Å². The summed E-state index contributed by atoms with van der Waals surface area (Å²) < 4.78 is 14.0. The van der Waals surface area contributed by atoms with Gasteiger partial charge in [-0.25, -0.2) is 4.39 Å². The largest absolute Gasteiger partial charge is 0.310 e. The fraction of sp³-hybridized carbons (Fsp3) is 0.625. The van der Waals surface area contributed by atoms with Crippen LogP contribution in [0.25, 0.3) is 0 Å². The quantitative estimate of drug-likeness (QED) is 0.805. The number of benzene rings is 1. The Kier molecular flexibility index (Phi) is 5.33. The molecule has 1 nitrogen and oxygen atoms in total. The van der Waals surface area contributed by atoms with E-state index < -0.39 is 0 Å². The van der Waals surface area contributed by atoms with Gasteiger partial charge in [0.15, 0.2) is 0 Å². The van der Waals surface area contributed by atoms with Gasteiger partial charge in [-0.1, -0.05) is 39.8 Å². The summed E-state index contributed by atoms with van der Waals surface area (Å²) in [6.07, 6.45) is 2.05. The molecule has 0 fully saturated rings. The molecule has 1 aromatic carbocycles. The Labute approximate surface area is 111 Å². The summed E-state index contributed by atoms with van der Waals surface area (Å²) in [5, 5.41) is 3.39. The molecule has 0 aliphatic rings. The van der Waals surface area contributed by atoms with Crippen molar-refractivity contribution < 1.29 is 4.39 Å². The van der Waals surface area contributed by atoms with Crippen LogP contribution in [0.4, 0.5) is 4.39 Å². The second kappa shape index (κ2) is 6.33. The molecular weight excluding hydrogens is 225 g/mol. The van der Waals surface area contributed by atoms with Crippen LogP contribution in [0.5, 0.6) is 0 Å². The van der Waals surface area contributed by atoms with E-state index in [4.69, 9.17) is 0 Å². The predicted molar refractivity (Wildman–Crippen MR) is 76.2 cm³/mol. The van der Waals surface area contributed by atoms with Crippen molar-refractivity contribution in [2.75, 3.05) is 6.54 Å². The summed E-state index contributed by atoms with van der Waals surface area (Å²) in [5.74, 6) is -0.0881. The van der Waals surface area contributed by atoms with Crippen LogP contribution in [0.15, 0.2) is 18.2 Å². The summed E-state index contributed by atoms with van der Waals surface area (Å²) >= 11 is 0. The number of hydrogen-bond donors (Lipinski definition) is 1. The molecule has 0 saturated carbocycles. The molecule has 18 heavy (non-hydrogen) atoms. The van der Waals surface area contributed by atoms with Crippen molar-refractivity contribution in [3.63, 3.8) is 0 Å². The van der Waals surface area contributed by atoms with Crippen molar-refractivity contribution in [3.8, 4) is 0 Å². The number of aryl methyl sites for hydroxylation is 1. The van der Waals surface area contributed by atoms with Crippen LogP contribution < -0.4 is 5.32 Å².